The van der Waals surface area contributed by atoms with Crippen molar-refractivity contribution in [2.75, 3.05) is 66.1 Å². The van der Waals surface area contributed by atoms with Crippen LogP contribution in [0.5, 0.6) is 11.5 Å². The predicted octanol–water partition coefficient (Wildman–Crippen LogP) is 7.71. The number of ether oxygens (including phenoxy) is 10. The highest BCUT2D eigenvalue weighted by Gasteiger charge is 2.19. The van der Waals surface area contributed by atoms with Crippen molar-refractivity contribution in [3.63, 3.8) is 0 Å². The molecule has 2 unspecified atom stereocenters. The molecule has 0 spiro atoms. The Morgan fingerprint density at radius 3 is 1.20 bits per heavy atom. The van der Waals surface area contributed by atoms with E-state index < -0.39 is 36.1 Å². The van der Waals surface area contributed by atoms with Gasteiger partial charge >= 0.3 is 35.8 Å². The van der Waals surface area contributed by atoms with Gasteiger partial charge in [-0.3, -0.25) is 9.59 Å². The molecule has 360 valence electrons. The van der Waals surface area contributed by atoms with E-state index in [2.05, 4.69) is 26.3 Å². The highest BCUT2D eigenvalue weighted by Crippen LogP contribution is 2.18. The van der Waals surface area contributed by atoms with Gasteiger partial charge in [-0.15, -0.1) is 0 Å². The van der Waals surface area contributed by atoms with Crippen molar-refractivity contribution < 1.29 is 76.1 Å². The quantitative estimate of drug-likeness (QED) is 0.0278. The Morgan fingerprint density at radius 2 is 0.812 bits per heavy atom. The van der Waals surface area contributed by atoms with Crippen LogP contribution in [0.25, 0.3) is 0 Å². The topological polar surface area (TPSA) is 195 Å². The fraction of sp³-hybridized carbons (Fsp3) is 0.583. The monoisotopic (exact) mass is 904 g/mol. The Labute approximate surface area is 379 Å². The lowest BCUT2D eigenvalue weighted by Gasteiger charge is -2.18. The van der Waals surface area contributed by atoms with Gasteiger partial charge in [0, 0.05) is 35.1 Å². The SMILES string of the molecule is C=C(C)C(=O)OCCC.C=C(C)C(=O)OCCCCCCC(=O)OC(COCCOc1ccc(OCCOCC(COC(=O)C(=C)C)OC(=O)CCCCC)cc1)COC(=O)C(=C)C. The minimum atomic E-state index is -0.812. The molecule has 0 amide bonds. The van der Waals surface area contributed by atoms with Crippen LogP contribution in [-0.4, -0.2) is 114 Å². The van der Waals surface area contributed by atoms with E-state index >= 15 is 0 Å². The number of esters is 6. The molecule has 0 aliphatic heterocycles. The second kappa shape index (κ2) is 36.9. The first-order valence-electron chi connectivity index (χ1n) is 21.7. The maximum absolute atomic E-state index is 12.5. The van der Waals surface area contributed by atoms with E-state index in [-0.39, 0.29) is 88.8 Å². The summed E-state index contributed by atoms with van der Waals surface area (Å²) in [5.74, 6) is -1.53. The first-order chi connectivity index (χ1) is 30.5. The number of unbranched alkanes of at least 4 members (excludes halogenated alkanes) is 5. The van der Waals surface area contributed by atoms with Gasteiger partial charge < -0.3 is 47.4 Å². The standard InChI is InChI=1S/C41H60O14.C7H12O2/c1-8-9-12-15-37(42)54-35(28-52-40(45)31(4)5)26-47-22-24-49-33-17-19-34(20-18-33)50-25-23-48-27-36(29-53-41(46)32(6)7)55-38(43)16-13-10-11-14-21-51-39(44)30(2)3;1-4-5-9-7(8)6(2)3/h17-20,35-36H,2,4,6,8-16,21-29H2,1,3,5,7H3;2,4-5H2,1,3H3. The van der Waals surface area contributed by atoms with Crippen molar-refractivity contribution in [3.8, 4) is 11.5 Å². The van der Waals surface area contributed by atoms with Crippen molar-refractivity contribution in [3.05, 3.63) is 72.9 Å². The Balaban J connectivity index is 0.00000394. The van der Waals surface area contributed by atoms with Crippen LogP contribution in [0.4, 0.5) is 0 Å². The van der Waals surface area contributed by atoms with Gasteiger partial charge in [-0.2, -0.15) is 0 Å². The number of carbonyl (C=O) groups excluding carboxylic acids is 6. The third kappa shape index (κ3) is 32.2. The minimum absolute atomic E-state index is 0.0106. The van der Waals surface area contributed by atoms with E-state index in [1.807, 2.05) is 13.8 Å². The van der Waals surface area contributed by atoms with Crippen molar-refractivity contribution in [2.45, 2.75) is 118 Å². The van der Waals surface area contributed by atoms with Crippen LogP contribution in [0.2, 0.25) is 0 Å². The predicted molar refractivity (Wildman–Crippen MR) is 239 cm³/mol. The van der Waals surface area contributed by atoms with Gasteiger partial charge in [0.25, 0.3) is 0 Å². The normalized spacial score (nSPS) is 11.3. The van der Waals surface area contributed by atoms with Crippen molar-refractivity contribution in [1.82, 2.24) is 0 Å². The molecule has 0 bridgehead atoms. The molecule has 1 rings (SSSR count). The molecule has 0 saturated carbocycles. The second-order valence-corrected chi connectivity index (χ2v) is 14.8. The Kier molecular flexibility index (Phi) is 33.8. The first kappa shape index (κ1) is 58.5. The average Bonchev–Trinajstić information content (AvgIpc) is 3.25. The molecule has 0 heterocycles. The van der Waals surface area contributed by atoms with Crippen LogP contribution in [-0.2, 0) is 66.7 Å². The van der Waals surface area contributed by atoms with Gasteiger partial charge in [0.1, 0.15) is 37.9 Å². The molecule has 0 aliphatic rings. The molecule has 0 saturated heterocycles. The molecule has 2 atom stereocenters. The van der Waals surface area contributed by atoms with Gasteiger partial charge in [0.05, 0.1) is 39.6 Å². The zero-order chi connectivity index (χ0) is 48.1. The van der Waals surface area contributed by atoms with Gasteiger partial charge in [0.15, 0.2) is 12.2 Å². The van der Waals surface area contributed by atoms with E-state index in [0.29, 0.717) is 48.7 Å². The lowest BCUT2D eigenvalue weighted by molar-refractivity contribution is -0.161. The van der Waals surface area contributed by atoms with Crippen LogP contribution in [0.1, 0.15) is 106 Å². The largest absolute Gasteiger partial charge is 0.491 e. The minimum Gasteiger partial charge on any atom is -0.491 e. The molecular weight excluding hydrogens is 833 g/mol. The number of hydrogen-bond acceptors (Lipinski definition) is 16. The summed E-state index contributed by atoms with van der Waals surface area (Å²) in [6, 6.07) is 6.93. The molecule has 16 nitrogen and oxygen atoms in total. The van der Waals surface area contributed by atoms with Gasteiger partial charge in [0.2, 0.25) is 0 Å². The summed E-state index contributed by atoms with van der Waals surface area (Å²) in [5, 5.41) is 0. The van der Waals surface area contributed by atoms with Crippen molar-refractivity contribution >= 4 is 35.8 Å². The summed E-state index contributed by atoms with van der Waals surface area (Å²) >= 11 is 0. The summed E-state index contributed by atoms with van der Waals surface area (Å²) in [6.07, 6.45) is 5.18. The summed E-state index contributed by atoms with van der Waals surface area (Å²) in [5.41, 5.74) is 1.28. The van der Waals surface area contributed by atoms with E-state index in [1.54, 1.807) is 38.1 Å². The fourth-order valence-corrected chi connectivity index (χ4v) is 4.65. The van der Waals surface area contributed by atoms with E-state index in [1.165, 1.54) is 13.8 Å². The van der Waals surface area contributed by atoms with Gasteiger partial charge in [-0.1, -0.05) is 65.8 Å². The molecular formula is C48H72O16. The summed E-state index contributed by atoms with van der Waals surface area (Å²) in [7, 11) is 0. The van der Waals surface area contributed by atoms with Crippen LogP contribution < -0.4 is 9.47 Å². The smallest absolute Gasteiger partial charge is 0.333 e. The highest BCUT2D eigenvalue weighted by atomic mass is 16.6. The molecule has 0 radical (unpaired) electrons. The second-order valence-electron chi connectivity index (χ2n) is 14.8. The van der Waals surface area contributed by atoms with Crippen molar-refractivity contribution in [1.29, 1.82) is 0 Å². The van der Waals surface area contributed by atoms with E-state index in [0.717, 1.165) is 38.5 Å². The lowest BCUT2D eigenvalue weighted by Crippen LogP contribution is -2.30. The van der Waals surface area contributed by atoms with Crippen LogP contribution in [0, 0.1) is 0 Å². The third-order valence-electron chi connectivity index (χ3n) is 8.14. The average molecular weight is 905 g/mol. The molecule has 16 heteroatoms. The van der Waals surface area contributed by atoms with Crippen LogP contribution in [0.15, 0.2) is 72.9 Å². The van der Waals surface area contributed by atoms with Gasteiger partial charge in [-0.05, 0) is 77.6 Å². The molecule has 0 fully saturated rings. The Bertz CT molecular complexity index is 1600. The summed E-state index contributed by atoms with van der Waals surface area (Å²) in [6.45, 7) is 25.6. The molecule has 0 N–H and O–H groups in total. The van der Waals surface area contributed by atoms with Crippen LogP contribution >= 0.6 is 0 Å². The molecule has 0 aromatic heterocycles. The zero-order valence-electron chi connectivity index (χ0n) is 39.0. The summed E-state index contributed by atoms with van der Waals surface area (Å²) < 4.78 is 53.8. The molecule has 1 aromatic carbocycles. The number of rotatable bonds is 35. The summed E-state index contributed by atoms with van der Waals surface area (Å²) in [4.78, 5) is 70.3. The number of benzene rings is 1. The Morgan fingerprint density at radius 1 is 0.438 bits per heavy atom. The first-order valence-corrected chi connectivity index (χ1v) is 21.7. The van der Waals surface area contributed by atoms with Crippen LogP contribution in [0.3, 0.4) is 0 Å². The maximum Gasteiger partial charge on any atom is 0.333 e. The molecule has 64 heavy (non-hydrogen) atoms. The number of hydrogen-bond donors (Lipinski definition) is 0. The molecule has 0 aliphatic carbocycles. The highest BCUT2D eigenvalue weighted by molar-refractivity contribution is 5.88. The maximum atomic E-state index is 12.5. The molecule has 1 aromatic rings. The van der Waals surface area contributed by atoms with Gasteiger partial charge in [-0.25, -0.2) is 19.2 Å². The van der Waals surface area contributed by atoms with Crippen molar-refractivity contribution in [2.24, 2.45) is 0 Å². The fourth-order valence-electron chi connectivity index (χ4n) is 4.65. The lowest BCUT2D eigenvalue weighted by atomic mass is 10.1. The Hall–Kier alpha value is -5.48. The number of carbonyl (C=O) groups is 6. The van der Waals surface area contributed by atoms with E-state index in [4.69, 9.17) is 47.4 Å². The van der Waals surface area contributed by atoms with E-state index in [9.17, 15) is 28.8 Å². The zero-order valence-corrected chi connectivity index (χ0v) is 39.0. The third-order valence-corrected chi connectivity index (χ3v) is 8.14.